The van der Waals surface area contributed by atoms with Crippen LogP contribution in [0.2, 0.25) is 0 Å². The molecule has 0 aliphatic heterocycles. The van der Waals surface area contributed by atoms with Gasteiger partial charge in [0.1, 0.15) is 17.3 Å². The third kappa shape index (κ3) is 27.3. The third-order valence-electron chi connectivity index (χ3n) is 20.4. The molecular weight excluding hydrogens is 1700 g/mol. The summed E-state index contributed by atoms with van der Waals surface area (Å²) in [6, 6.07) is -8.81. The zero-order chi connectivity index (χ0) is 78.5. The number of hydrogen-bond donors (Lipinski definition) is 0. The topological polar surface area (TPSA) is 98.6 Å². The van der Waals surface area contributed by atoms with Gasteiger partial charge >= 0.3 is 60.7 Å². The summed E-state index contributed by atoms with van der Waals surface area (Å²) in [4.78, 5) is 14.5. The molecule has 0 amide bonds. The van der Waals surface area contributed by atoms with Crippen molar-refractivity contribution in [1.82, 2.24) is 11.2 Å². The van der Waals surface area contributed by atoms with Gasteiger partial charge in [-0.05, 0) is 135 Å². The first-order chi connectivity index (χ1) is 48.6. The fraction of sp³-hybridized carbons (Fsp3) is 0.643. The van der Waals surface area contributed by atoms with E-state index in [2.05, 4.69) is 6.65 Å². The van der Waals surface area contributed by atoms with Gasteiger partial charge in [-0.1, -0.05) is 180 Å². The van der Waals surface area contributed by atoms with Crippen LogP contribution in [-0.2, 0) is 74.5 Å². The fourth-order valence-electron chi connectivity index (χ4n) is 16.1. The van der Waals surface area contributed by atoms with Crippen molar-refractivity contribution in [2.45, 2.75) is 276 Å². The Hall–Kier alpha value is -3.69. The van der Waals surface area contributed by atoms with Gasteiger partial charge in [0, 0.05) is 20.4 Å². The smallest absolute Gasteiger partial charge is 0.120 e. The number of halogens is 26. The molecule has 5 nitrogen and oxygen atoms in total. The van der Waals surface area contributed by atoms with Crippen LogP contribution in [0.25, 0.3) is 0 Å². The fourth-order valence-corrected chi connectivity index (χ4v) is 25.5. The van der Waals surface area contributed by atoms with Crippen molar-refractivity contribution < 1.29 is 130 Å². The Morgan fingerprint density at radius 1 is 0.276 bits per heavy atom. The molecule has 0 saturated heterocycles. The van der Waals surface area contributed by atoms with Crippen molar-refractivity contribution >= 4 is 67.0 Å². The molecule has 10 rings (SSSR count). The number of hydrogen-bond acceptors (Lipinski definition) is 2. The molecule has 6 aliphatic rings. The Morgan fingerprint density at radius 3 is 0.476 bits per heavy atom. The van der Waals surface area contributed by atoms with Crippen LogP contribution in [0.1, 0.15) is 237 Å². The second-order valence-corrected chi connectivity index (χ2v) is 33.9. The maximum atomic E-state index is 14.2. The van der Waals surface area contributed by atoms with Crippen LogP contribution in [0, 0.1) is 16.5 Å². The summed E-state index contributed by atoms with van der Waals surface area (Å²) in [7, 11) is 0.770. The van der Waals surface area contributed by atoms with Crippen LogP contribution in [-0.4, -0.2) is 45.4 Å². The first kappa shape index (κ1) is 95.5. The van der Waals surface area contributed by atoms with Gasteiger partial charge in [0.05, 0.1) is 49.8 Å². The van der Waals surface area contributed by atoms with Crippen molar-refractivity contribution in [3.63, 3.8) is 0 Å². The average Bonchev–Trinajstić information content (AvgIpc) is 0.707. The number of benzene rings is 4. The van der Waals surface area contributed by atoms with E-state index in [9.17, 15) is 105 Å². The largest absolute Gasteiger partial charge is 0.120 e. The molecule has 3 radical (unpaired) electrons. The Balaban J connectivity index is 0.000000478. The van der Waals surface area contributed by atoms with Gasteiger partial charge in [-0.3, -0.25) is 0 Å². The molecule has 0 atom stereocenters. The summed E-state index contributed by atoms with van der Waals surface area (Å²) in [6.07, 6.45) is -7.57. The Kier molecular flexibility index (Phi) is 38.3. The molecule has 0 unspecified atom stereocenters. The molecule has 0 aromatic heterocycles. The van der Waals surface area contributed by atoms with Crippen LogP contribution >= 0.6 is 39.0 Å². The van der Waals surface area contributed by atoms with Gasteiger partial charge in [0.15, 0.2) is 0 Å². The summed E-state index contributed by atoms with van der Waals surface area (Å²) in [5.41, 5.74) is -11.6. The van der Waals surface area contributed by atoms with Crippen LogP contribution in [0.4, 0.5) is 105 Å². The number of rotatable bonds is 10. The summed E-state index contributed by atoms with van der Waals surface area (Å²) in [5.74, 6) is 0. The van der Waals surface area contributed by atoms with E-state index in [-0.39, 0.29) is 25.8 Å². The van der Waals surface area contributed by atoms with E-state index in [0.29, 0.717) is 15.8 Å². The zero-order valence-electron chi connectivity index (χ0n) is 56.6. The summed E-state index contributed by atoms with van der Waals surface area (Å²) in [6.45, 7) is 4.50. The Morgan fingerprint density at radius 2 is 0.381 bits per heavy atom. The SMILES string of the molecule is C1CCC(P(C2CCCCC2)C2CCCCC2)CC1.C1CCC(P(C2CCCCC2)C2CCCCC2)CC1.ClCCl.FC(F)(F)c1cc([B-](c2cc(C(F)(F)F)cc(C(F)(F)F)c2)(c2cc(C(F)(F)F)cc(C(F)(F)F)c2)c2cc(C(F)(F)F)cc(C(F)(F)F)c2)cc(C(F)(F)F)c1.[C-]#[O+].[N]=O.[N]=O.[Re]. The first-order valence-electron chi connectivity index (χ1n) is 34.2. The molecule has 4 aromatic carbocycles. The van der Waals surface area contributed by atoms with Gasteiger partial charge in [-0.2, -0.15) is 127 Å². The van der Waals surface area contributed by atoms with Gasteiger partial charge in [0.2, 0.25) is 0 Å². The summed E-state index contributed by atoms with van der Waals surface area (Å²) < 4.78 is 348. The standard InChI is InChI=1S/C32H12BF24.2C18H33P.CH2Cl2.CO.2NO.Re/c34-25(35,36)13-1-14(26(37,38)39)6-21(5-13)33(22-7-15(27(40,41)42)2-16(8-22)28(43,44)45,23-9-17(29(46,47)48)3-18(10-23)30(49,50)51)24-11-19(31(52,53)54)4-20(12-24)32(55,56)57;2*1-4-10-16(11-5-1)19(17-12-6-2-7-13-17)18-14-8-3-9-15-18;2-1-3;3*1-2;/h1-12H;2*16-18H,1-15H2;1H2;;;;/q-1;;;;;;;. The molecular formula is C70H80BCl2F24N2O3P2Re-. The van der Waals surface area contributed by atoms with Crippen LogP contribution in [0.15, 0.2) is 72.8 Å². The van der Waals surface area contributed by atoms with E-state index in [1.54, 1.807) is 154 Å². The minimum Gasteiger partial charge on any atom is -0.120 e. The molecule has 0 bridgehead atoms. The number of alkyl halides is 26. The van der Waals surface area contributed by atoms with Crippen molar-refractivity contribution in [3.8, 4) is 0 Å². The predicted octanol–water partition coefficient (Wildman–Crippen LogP) is 24.6. The van der Waals surface area contributed by atoms with Crippen LogP contribution in [0.5, 0.6) is 0 Å². The molecule has 4 aromatic rings. The van der Waals surface area contributed by atoms with Gasteiger partial charge in [-0.15, -0.1) is 33.0 Å². The molecule has 35 heteroatoms. The molecule has 0 heterocycles. The quantitative estimate of drug-likeness (QED) is 0.0395. The second kappa shape index (κ2) is 42.1. The summed E-state index contributed by atoms with van der Waals surface area (Å²) >= 11 is 9.53. The molecule has 0 spiro atoms. The van der Waals surface area contributed by atoms with E-state index in [4.69, 9.17) is 48.9 Å². The van der Waals surface area contributed by atoms with E-state index in [1.165, 1.54) is 72.5 Å². The minimum atomic E-state index is -6.13. The van der Waals surface area contributed by atoms with E-state index in [1.807, 2.05) is 0 Å². The average molecular weight is 1780 g/mol. The van der Waals surface area contributed by atoms with E-state index < -0.39 is 195 Å². The third-order valence-corrected chi connectivity index (χ3v) is 28.6. The Labute approximate surface area is 620 Å². The predicted molar refractivity (Wildman–Crippen MR) is 357 cm³/mol. The van der Waals surface area contributed by atoms with E-state index >= 15 is 0 Å². The summed E-state index contributed by atoms with van der Waals surface area (Å²) in [5, 5.41) is 0.194. The first-order valence-corrected chi connectivity index (χ1v) is 38.3. The van der Waals surface area contributed by atoms with E-state index in [0.717, 1.165) is 0 Å². The molecule has 6 aliphatic carbocycles. The normalized spacial score (nSPS) is 18.5. The molecule has 6 fully saturated rings. The van der Waals surface area contributed by atoms with Gasteiger partial charge in [0.25, 0.3) is 0 Å². The molecule has 591 valence electrons. The monoisotopic (exact) mass is 1780 g/mol. The maximum absolute atomic E-state index is 14.2. The molecule has 105 heavy (non-hydrogen) atoms. The van der Waals surface area contributed by atoms with Crippen molar-refractivity contribution in [3.05, 3.63) is 134 Å². The Bertz CT molecular complexity index is 2680. The van der Waals surface area contributed by atoms with Crippen LogP contribution in [0.3, 0.4) is 0 Å². The minimum absolute atomic E-state index is 0. The van der Waals surface area contributed by atoms with Crippen molar-refractivity contribution in [1.29, 1.82) is 0 Å². The zero-order valence-corrected chi connectivity index (χ0v) is 62.6. The molecule has 6 saturated carbocycles. The number of nitroso groups, excluding NO2 is 2. The van der Waals surface area contributed by atoms with Crippen LogP contribution < -0.4 is 33.0 Å². The molecule has 0 N–H and O–H groups in total. The second-order valence-electron chi connectivity index (χ2n) is 27.0. The van der Waals surface area contributed by atoms with Gasteiger partial charge in [-0.25, -0.2) is 0 Å². The maximum Gasteiger partial charge on any atom is 0.120 e. The number of nitrogens with zero attached hydrogens (tertiary/aromatic N) is 2. The van der Waals surface area contributed by atoms with Crippen molar-refractivity contribution in [2.24, 2.45) is 0 Å². The van der Waals surface area contributed by atoms with Crippen molar-refractivity contribution in [2.75, 3.05) is 5.34 Å². The van der Waals surface area contributed by atoms with Gasteiger partial charge < -0.3 is 0 Å².